The summed E-state index contributed by atoms with van der Waals surface area (Å²) < 4.78 is 16.8. The highest BCUT2D eigenvalue weighted by atomic mass is 16.6. The number of unbranched alkanes of at least 4 members (excludes halogenated alkanes) is 27. The number of rotatable bonds is 49. The molecule has 0 N–H and O–H groups in total. The highest BCUT2D eigenvalue weighted by Crippen LogP contribution is 2.14. The van der Waals surface area contributed by atoms with Crippen LogP contribution in [0.25, 0.3) is 0 Å². The van der Waals surface area contributed by atoms with Crippen LogP contribution in [0.3, 0.4) is 0 Å². The molecule has 67 heavy (non-hydrogen) atoms. The van der Waals surface area contributed by atoms with Crippen molar-refractivity contribution >= 4 is 17.9 Å². The molecule has 0 fully saturated rings. The molecule has 0 aliphatic rings. The molecule has 382 valence electrons. The first kappa shape index (κ1) is 63.3. The van der Waals surface area contributed by atoms with Gasteiger partial charge in [-0.3, -0.25) is 14.4 Å². The van der Waals surface area contributed by atoms with Gasteiger partial charge < -0.3 is 14.2 Å². The first-order chi connectivity index (χ1) is 33.0. The molecular formula is C61H102O6. The molecule has 6 heteroatoms. The van der Waals surface area contributed by atoms with Crippen LogP contribution in [0.5, 0.6) is 0 Å². The summed E-state index contributed by atoms with van der Waals surface area (Å²) in [5, 5.41) is 0. The number of carbonyl (C=O) groups excluding carboxylic acids is 3. The van der Waals surface area contributed by atoms with Gasteiger partial charge in [-0.1, -0.05) is 240 Å². The van der Waals surface area contributed by atoms with Gasteiger partial charge in [0.1, 0.15) is 13.2 Å². The lowest BCUT2D eigenvalue weighted by Crippen LogP contribution is -2.30. The topological polar surface area (TPSA) is 78.9 Å². The standard InChI is InChI=1S/C61H102O6/c1-4-7-10-13-16-19-22-25-27-29-31-33-36-39-42-45-48-51-54-60(63)66-57-58(56-65-59(62)53-50-47-44-41-38-35-24-21-18-15-12-9-6-3)67-61(64)55-52-49-46-43-40-37-34-32-30-28-26-23-20-17-14-11-8-5-2/h9,12,15,18,21-22,24-25,27-34,58H,4-8,10-11,13-14,16-17,19-20,23,26,35-57H2,1-3H3/b12-9+,18-15+,24-21+,25-22+,29-27+,30-28+,33-31+,34-32+. The first-order valence-corrected chi connectivity index (χ1v) is 27.8. The van der Waals surface area contributed by atoms with Gasteiger partial charge in [0.15, 0.2) is 6.10 Å². The van der Waals surface area contributed by atoms with E-state index in [1.165, 1.54) is 83.5 Å². The van der Waals surface area contributed by atoms with Gasteiger partial charge in [0, 0.05) is 19.3 Å². The number of carbonyl (C=O) groups is 3. The maximum Gasteiger partial charge on any atom is 0.306 e. The second kappa shape index (κ2) is 54.9. The molecule has 0 aromatic rings. The summed E-state index contributed by atoms with van der Waals surface area (Å²) in [6.07, 6.45) is 72.5. The van der Waals surface area contributed by atoms with Crippen molar-refractivity contribution in [1.82, 2.24) is 0 Å². The third kappa shape index (κ3) is 53.2. The Morgan fingerprint density at radius 3 is 0.910 bits per heavy atom. The van der Waals surface area contributed by atoms with Crippen LogP contribution in [0.1, 0.15) is 252 Å². The van der Waals surface area contributed by atoms with Gasteiger partial charge in [-0.2, -0.15) is 0 Å². The summed E-state index contributed by atoms with van der Waals surface area (Å²) in [5.41, 5.74) is 0. The van der Waals surface area contributed by atoms with Gasteiger partial charge >= 0.3 is 17.9 Å². The number of esters is 3. The Labute approximate surface area is 413 Å². The van der Waals surface area contributed by atoms with Gasteiger partial charge in [0.25, 0.3) is 0 Å². The average molecular weight is 931 g/mol. The Bertz CT molecular complexity index is 1350. The summed E-state index contributed by atoms with van der Waals surface area (Å²) in [5.74, 6) is -0.955. The number of hydrogen-bond donors (Lipinski definition) is 0. The van der Waals surface area contributed by atoms with E-state index in [0.29, 0.717) is 19.3 Å². The minimum atomic E-state index is -0.804. The quantitative estimate of drug-likeness (QED) is 0.0262. The van der Waals surface area contributed by atoms with E-state index in [1.54, 1.807) is 0 Å². The molecule has 0 bridgehead atoms. The Morgan fingerprint density at radius 1 is 0.313 bits per heavy atom. The van der Waals surface area contributed by atoms with Crippen LogP contribution in [0.4, 0.5) is 0 Å². The first-order valence-electron chi connectivity index (χ1n) is 27.8. The monoisotopic (exact) mass is 931 g/mol. The summed E-state index contributed by atoms with van der Waals surface area (Å²) in [6, 6.07) is 0. The summed E-state index contributed by atoms with van der Waals surface area (Å²) in [7, 11) is 0. The molecule has 0 radical (unpaired) electrons. The smallest absolute Gasteiger partial charge is 0.306 e. The molecule has 0 rings (SSSR count). The summed E-state index contributed by atoms with van der Waals surface area (Å²) in [4.78, 5) is 38.1. The molecule has 0 aromatic carbocycles. The van der Waals surface area contributed by atoms with Crippen molar-refractivity contribution in [1.29, 1.82) is 0 Å². The fourth-order valence-electron chi connectivity index (χ4n) is 7.49. The maximum atomic E-state index is 12.8. The lowest BCUT2D eigenvalue weighted by atomic mass is 10.1. The Balaban J connectivity index is 4.48. The van der Waals surface area contributed by atoms with Crippen LogP contribution in [0.15, 0.2) is 97.2 Å². The van der Waals surface area contributed by atoms with Crippen molar-refractivity contribution in [2.75, 3.05) is 13.2 Å². The van der Waals surface area contributed by atoms with Crippen molar-refractivity contribution in [2.45, 2.75) is 258 Å². The zero-order valence-corrected chi connectivity index (χ0v) is 43.6. The number of allylic oxidation sites excluding steroid dienone is 16. The number of ether oxygens (including phenoxy) is 3. The molecule has 0 spiro atoms. The van der Waals surface area contributed by atoms with Crippen molar-refractivity contribution in [3.05, 3.63) is 97.2 Å². The van der Waals surface area contributed by atoms with E-state index in [1.807, 2.05) is 0 Å². The zero-order chi connectivity index (χ0) is 48.6. The van der Waals surface area contributed by atoms with Crippen molar-refractivity contribution < 1.29 is 28.6 Å². The Kier molecular flexibility index (Phi) is 51.9. The molecule has 0 heterocycles. The van der Waals surface area contributed by atoms with Crippen molar-refractivity contribution in [3.8, 4) is 0 Å². The van der Waals surface area contributed by atoms with Crippen molar-refractivity contribution in [2.24, 2.45) is 0 Å². The average Bonchev–Trinajstić information content (AvgIpc) is 3.33. The van der Waals surface area contributed by atoms with E-state index in [9.17, 15) is 14.4 Å². The predicted octanol–water partition coefficient (Wildman–Crippen LogP) is 18.5. The van der Waals surface area contributed by atoms with Crippen LogP contribution >= 0.6 is 0 Å². The molecule has 0 saturated heterocycles. The molecule has 1 unspecified atom stereocenters. The molecule has 1 atom stereocenters. The minimum Gasteiger partial charge on any atom is -0.462 e. The van der Waals surface area contributed by atoms with E-state index >= 15 is 0 Å². The largest absolute Gasteiger partial charge is 0.462 e. The fourth-order valence-corrected chi connectivity index (χ4v) is 7.49. The molecule has 0 aliphatic heterocycles. The second-order valence-corrected chi connectivity index (χ2v) is 18.3. The second-order valence-electron chi connectivity index (χ2n) is 18.3. The maximum absolute atomic E-state index is 12.8. The summed E-state index contributed by atoms with van der Waals surface area (Å²) in [6.45, 7) is 6.44. The Morgan fingerprint density at radius 2 is 0.582 bits per heavy atom. The van der Waals surface area contributed by atoms with Gasteiger partial charge in [-0.05, 0) is 89.9 Å². The molecule has 0 aliphatic carbocycles. The molecule has 0 aromatic heterocycles. The zero-order valence-electron chi connectivity index (χ0n) is 43.6. The molecular weight excluding hydrogens is 829 g/mol. The SMILES string of the molecule is CC/C=C/C=C/C=C/CCCCCCCC(=O)OCC(COC(=O)CCCCCCC/C=C/C=C/C=C/CCCCCCC)OC(=O)CCCCCCC/C=C/C=C/CCCCCCCCC. The lowest BCUT2D eigenvalue weighted by Gasteiger charge is -2.18. The van der Waals surface area contributed by atoms with Crippen LogP contribution in [0, 0.1) is 0 Å². The van der Waals surface area contributed by atoms with E-state index < -0.39 is 6.10 Å². The molecule has 0 saturated carbocycles. The van der Waals surface area contributed by atoms with E-state index in [2.05, 4.69) is 118 Å². The highest BCUT2D eigenvalue weighted by molar-refractivity contribution is 5.71. The van der Waals surface area contributed by atoms with Gasteiger partial charge in [0.05, 0.1) is 0 Å². The van der Waals surface area contributed by atoms with Crippen LogP contribution in [0.2, 0.25) is 0 Å². The van der Waals surface area contributed by atoms with Gasteiger partial charge in [-0.15, -0.1) is 0 Å². The molecule has 0 amide bonds. The normalized spacial score (nSPS) is 12.8. The van der Waals surface area contributed by atoms with E-state index in [-0.39, 0.29) is 31.1 Å². The van der Waals surface area contributed by atoms with Gasteiger partial charge in [-0.25, -0.2) is 0 Å². The van der Waals surface area contributed by atoms with Crippen molar-refractivity contribution in [3.63, 3.8) is 0 Å². The third-order valence-corrected chi connectivity index (χ3v) is 11.7. The fraction of sp³-hybridized carbons (Fsp3) is 0.689. The highest BCUT2D eigenvalue weighted by Gasteiger charge is 2.19. The molecule has 6 nitrogen and oxygen atoms in total. The van der Waals surface area contributed by atoms with Crippen LogP contribution in [-0.4, -0.2) is 37.2 Å². The third-order valence-electron chi connectivity index (χ3n) is 11.7. The van der Waals surface area contributed by atoms with Crippen LogP contribution in [-0.2, 0) is 28.6 Å². The lowest BCUT2D eigenvalue weighted by molar-refractivity contribution is -0.167. The minimum absolute atomic E-state index is 0.102. The van der Waals surface area contributed by atoms with E-state index in [0.717, 1.165) is 128 Å². The number of hydrogen-bond acceptors (Lipinski definition) is 6. The predicted molar refractivity (Wildman–Crippen MR) is 288 cm³/mol. The van der Waals surface area contributed by atoms with Crippen LogP contribution < -0.4 is 0 Å². The summed E-state index contributed by atoms with van der Waals surface area (Å²) >= 11 is 0. The van der Waals surface area contributed by atoms with E-state index in [4.69, 9.17) is 14.2 Å². The van der Waals surface area contributed by atoms with Gasteiger partial charge in [0.2, 0.25) is 0 Å². The Hall–Kier alpha value is -3.67.